The molecule has 1 heterocycles. The van der Waals surface area contributed by atoms with Crippen LogP contribution in [-0.4, -0.2) is 21.7 Å². The topological polar surface area (TPSA) is 72.9 Å². The van der Waals surface area contributed by atoms with E-state index in [2.05, 4.69) is 10.4 Å². The lowest BCUT2D eigenvalue weighted by molar-refractivity contribution is -0.125. The molecule has 3 N–H and O–H groups in total. The van der Waals surface area contributed by atoms with Crippen molar-refractivity contribution in [1.29, 1.82) is 0 Å². The molecule has 1 aromatic heterocycles. The largest absolute Gasteiger partial charge is 0.349 e. The maximum absolute atomic E-state index is 11.9. The van der Waals surface area contributed by atoms with Crippen LogP contribution in [0.1, 0.15) is 38.1 Å². The van der Waals surface area contributed by atoms with Crippen LogP contribution < -0.4 is 11.1 Å². The minimum Gasteiger partial charge on any atom is -0.349 e. The van der Waals surface area contributed by atoms with Crippen molar-refractivity contribution in [3.05, 3.63) is 17.5 Å². The van der Waals surface area contributed by atoms with E-state index in [9.17, 15) is 4.79 Å². The quantitative estimate of drug-likeness (QED) is 0.818. The van der Waals surface area contributed by atoms with Crippen molar-refractivity contribution in [2.45, 2.75) is 39.8 Å². The van der Waals surface area contributed by atoms with Crippen LogP contribution in [0.4, 0.5) is 0 Å². The highest BCUT2D eigenvalue weighted by Gasteiger charge is 2.20. The zero-order chi connectivity index (χ0) is 13.2. The number of hydrogen-bond donors (Lipinski definition) is 2. The molecule has 3 atom stereocenters. The Hall–Kier alpha value is -1.36. The van der Waals surface area contributed by atoms with Gasteiger partial charge >= 0.3 is 0 Å². The summed E-state index contributed by atoms with van der Waals surface area (Å²) in [5, 5.41) is 7.22. The van der Waals surface area contributed by atoms with Crippen LogP contribution in [0.15, 0.2) is 6.20 Å². The Labute approximate surface area is 102 Å². The second-order valence-electron chi connectivity index (χ2n) is 4.72. The Kier molecular flexibility index (Phi) is 4.28. The smallest absolute Gasteiger partial charge is 0.224 e. The fourth-order valence-electron chi connectivity index (χ4n) is 1.70. The van der Waals surface area contributed by atoms with Gasteiger partial charge in [-0.3, -0.25) is 9.48 Å². The lowest BCUT2D eigenvalue weighted by Gasteiger charge is -2.19. The van der Waals surface area contributed by atoms with E-state index >= 15 is 0 Å². The summed E-state index contributed by atoms with van der Waals surface area (Å²) in [6.45, 7) is 7.57. The van der Waals surface area contributed by atoms with E-state index in [0.29, 0.717) is 0 Å². The SMILES string of the molecule is Cc1nn(C)cc1C(C)NC(=O)C(C)C(C)N. The van der Waals surface area contributed by atoms with Gasteiger partial charge in [-0.15, -0.1) is 0 Å². The molecule has 0 aliphatic rings. The summed E-state index contributed by atoms with van der Waals surface area (Å²) in [4.78, 5) is 11.9. The van der Waals surface area contributed by atoms with Gasteiger partial charge in [-0.25, -0.2) is 0 Å². The molecule has 0 aliphatic heterocycles. The number of amides is 1. The van der Waals surface area contributed by atoms with Gasteiger partial charge in [0.2, 0.25) is 5.91 Å². The first-order chi connectivity index (χ1) is 7.82. The third-order valence-corrected chi connectivity index (χ3v) is 3.08. The zero-order valence-corrected chi connectivity index (χ0v) is 11.2. The third-order valence-electron chi connectivity index (χ3n) is 3.08. The molecule has 0 fully saturated rings. The highest BCUT2D eigenvalue weighted by atomic mass is 16.1. The number of rotatable bonds is 4. The molecule has 1 rings (SSSR count). The molecular formula is C12H22N4O. The van der Waals surface area contributed by atoms with Crippen LogP contribution in [0.5, 0.6) is 0 Å². The number of nitrogens with one attached hydrogen (secondary N) is 1. The maximum atomic E-state index is 11.9. The minimum absolute atomic E-state index is 0.0178. The van der Waals surface area contributed by atoms with E-state index < -0.39 is 0 Å². The standard InChI is InChI=1S/C12H22N4O/c1-7(8(2)13)12(17)14-9(3)11-6-16(5)15-10(11)4/h6-9H,13H2,1-5H3,(H,14,17). The van der Waals surface area contributed by atoms with Crippen molar-refractivity contribution in [2.24, 2.45) is 18.7 Å². The predicted molar refractivity (Wildman–Crippen MR) is 67.3 cm³/mol. The average molecular weight is 238 g/mol. The Morgan fingerprint density at radius 3 is 2.47 bits per heavy atom. The van der Waals surface area contributed by atoms with Gasteiger partial charge in [-0.2, -0.15) is 5.10 Å². The van der Waals surface area contributed by atoms with E-state index in [1.807, 2.05) is 40.9 Å². The van der Waals surface area contributed by atoms with Crippen LogP contribution >= 0.6 is 0 Å². The van der Waals surface area contributed by atoms with Gasteiger partial charge in [-0.05, 0) is 20.8 Å². The van der Waals surface area contributed by atoms with Crippen molar-refractivity contribution in [3.63, 3.8) is 0 Å². The first kappa shape index (κ1) is 13.7. The van der Waals surface area contributed by atoms with Gasteiger partial charge < -0.3 is 11.1 Å². The molecule has 5 heteroatoms. The van der Waals surface area contributed by atoms with Crippen LogP contribution in [0.3, 0.4) is 0 Å². The zero-order valence-electron chi connectivity index (χ0n) is 11.2. The molecule has 0 saturated heterocycles. The normalized spacial score (nSPS) is 16.4. The fourth-order valence-corrected chi connectivity index (χ4v) is 1.70. The highest BCUT2D eigenvalue weighted by molar-refractivity contribution is 5.79. The minimum atomic E-state index is -0.186. The van der Waals surface area contributed by atoms with Gasteiger partial charge in [0.1, 0.15) is 0 Å². The lowest BCUT2D eigenvalue weighted by atomic mass is 10.0. The van der Waals surface area contributed by atoms with Gasteiger partial charge in [0, 0.05) is 30.8 Å². The van der Waals surface area contributed by atoms with E-state index in [-0.39, 0.29) is 23.9 Å². The van der Waals surface area contributed by atoms with Crippen LogP contribution in [0, 0.1) is 12.8 Å². The number of nitrogens with two attached hydrogens (primary N) is 1. The molecule has 0 spiro atoms. The molecule has 96 valence electrons. The molecule has 0 bridgehead atoms. The second kappa shape index (κ2) is 5.31. The Bertz CT molecular complexity index is 397. The second-order valence-corrected chi connectivity index (χ2v) is 4.72. The number of aryl methyl sites for hydroxylation is 2. The summed E-state index contributed by atoms with van der Waals surface area (Å²) in [5.74, 6) is -0.204. The van der Waals surface area contributed by atoms with Crippen LogP contribution in [0.2, 0.25) is 0 Å². The van der Waals surface area contributed by atoms with Crippen molar-refractivity contribution in [2.75, 3.05) is 0 Å². The van der Waals surface area contributed by atoms with E-state index in [4.69, 9.17) is 5.73 Å². The fraction of sp³-hybridized carbons (Fsp3) is 0.667. The molecule has 0 aromatic carbocycles. The van der Waals surface area contributed by atoms with Crippen molar-refractivity contribution >= 4 is 5.91 Å². The van der Waals surface area contributed by atoms with Crippen LogP contribution in [-0.2, 0) is 11.8 Å². The number of hydrogen-bond acceptors (Lipinski definition) is 3. The number of carbonyl (C=O) groups excluding carboxylic acids is 1. The number of nitrogens with zero attached hydrogens (tertiary/aromatic N) is 2. The summed E-state index contributed by atoms with van der Waals surface area (Å²) in [5.41, 5.74) is 7.69. The van der Waals surface area contributed by atoms with Gasteiger partial charge in [0.25, 0.3) is 0 Å². The molecule has 1 amide bonds. The predicted octanol–water partition coefficient (Wildman–Crippen LogP) is 0.889. The summed E-state index contributed by atoms with van der Waals surface area (Å²) in [6.07, 6.45) is 1.93. The summed E-state index contributed by atoms with van der Waals surface area (Å²) >= 11 is 0. The highest BCUT2D eigenvalue weighted by Crippen LogP contribution is 2.16. The summed E-state index contributed by atoms with van der Waals surface area (Å²) in [6, 6.07) is -0.186. The average Bonchev–Trinajstić information content (AvgIpc) is 2.56. The van der Waals surface area contributed by atoms with Crippen molar-refractivity contribution in [3.8, 4) is 0 Å². The third kappa shape index (κ3) is 3.30. The first-order valence-corrected chi connectivity index (χ1v) is 5.89. The van der Waals surface area contributed by atoms with Crippen molar-refractivity contribution < 1.29 is 4.79 Å². The van der Waals surface area contributed by atoms with E-state index in [1.54, 1.807) is 4.68 Å². The van der Waals surface area contributed by atoms with Gasteiger partial charge in [0.15, 0.2) is 0 Å². The summed E-state index contributed by atoms with van der Waals surface area (Å²) < 4.78 is 1.75. The molecule has 0 aliphatic carbocycles. The van der Waals surface area contributed by atoms with Gasteiger partial charge in [-0.1, -0.05) is 6.92 Å². The monoisotopic (exact) mass is 238 g/mol. The number of carbonyl (C=O) groups is 1. The Morgan fingerprint density at radius 2 is 2.06 bits per heavy atom. The van der Waals surface area contributed by atoms with E-state index in [1.165, 1.54) is 0 Å². The first-order valence-electron chi connectivity index (χ1n) is 5.89. The molecule has 17 heavy (non-hydrogen) atoms. The van der Waals surface area contributed by atoms with Crippen LogP contribution in [0.25, 0.3) is 0 Å². The maximum Gasteiger partial charge on any atom is 0.224 e. The number of aromatic nitrogens is 2. The molecule has 5 nitrogen and oxygen atoms in total. The lowest BCUT2D eigenvalue weighted by Crippen LogP contribution is -2.39. The van der Waals surface area contributed by atoms with Crippen molar-refractivity contribution in [1.82, 2.24) is 15.1 Å². The molecule has 0 saturated carbocycles. The molecule has 3 unspecified atom stereocenters. The van der Waals surface area contributed by atoms with Gasteiger partial charge in [0.05, 0.1) is 11.7 Å². The molecule has 1 aromatic rings. The molecular weight excluding hydrogens is 216 g/mol. The van der Waals surface area contributed by atoms with E-state index in [0.717, 1.165) is 11.3 Å². The Balaban J connectivity index is 2.70. The molecule has 0 radical (unpaired) electrons. The Morgan fingerprint density at radius 1 is 1.47 bits per heavy atom. The summed E-state index contributed by atoms with van der Waals surface area (Å²) in [7, 11) is 1.87.